The molecule has 0 bridgehead atoms. The smallest absolute Gasteiger partial charge is 0.194 e. The van der Waals surface area contributed by atoms with Crippen LogP contribution < -0.4 is 10.1 Å². The molecule has 1 aromatic carbocycles. The Labute approximate surface area is 192 Å². The molecule has 0 spiro atoms. The maximum Gasteiger partial charge on any atom is 0.194 e. The molecule has 29 heavy (non-hydrogen) atoms. The zero-order valence-electron chi connectivity index (χ0n) is 17.8. The van der Waals surface area contributed by atoms with E-state index in [1.807, 2.05) is 12.1 Å². The summed E-state index contributed by atoms with van der Waals surface area (Å²) in [7, 11) is 0. The molecule has 164 valence electrons. The van der Waals surface area contributed by atoms with E-state index in [0.717, 1.165) is 83.4 Å². The van der Waals surface area contributed by atoms with E-state index >= 15 is 0 Å². The number of rotatable bonds is 8. The topological polar surface area (TPSA) is 55.3 Å². The highest BCUT2D eigenvalue weighted by Gasteiger charge is 2.32. The molecule has 1 aromatic rings. The van der Waals surface area contributed by atoms with E-state index in [1.54, 1.807) is 0 Å². The van der Waals surface area contributed by atoms with Gasteiger partial charge in [-0.1, -0.05) is 17.7 Å². The number of halogens is 1. The van der Waals surface area contributed by atoms with Crippen molar-refractivity contribution in [3.05, 3.63) is 29.8 Å². The fraction of sp³-hybridized carbons (Fsp3) is 0.682. The lowest BCUT2D eigenvalue weighted by atomic mass is 10.1. The molecule has 1 N–H and O–H groups in total. The second-order valence-electron chi connectivity index (χ2n) is 7.51. The average Bonchev–Trinajstić information content (AvgIpc) is 3.26. The summed E-state index contributed by atoms with van der Waals surface area (Å²) >= 11 is 0. The van der Waals surface area contributed by atoms with E-state index in [4.69, 9.17) is 19.2 Å². The fourth-order valence-corrected chi connectivity index (χ4v) is 3.64. The predicted molar refractivity (Wildman–Crippen MR) is 128 cm³/mol. The second kappa shape index (κ2) is 13.3. The Balaban J connectivity index is 0.00000300. The number of guanidine groups is 1. The van der Waals surface area contributed by atoms with Gasteiger partial charge in [0.05, 0.1) is 19.3 Å². The van der Waals surface area contributed by atoms with Crippen LogP contribution in [0.1, 0.15) is 38.2 Å². The summed E-state index contributed by atoms with van der Waals surface area (Å²) in [6, 6.07) is 8.21. The highest BCUT2D eigenvalue weighted by molar-refractivity contribution is 14.0. The monoisotopic (exact) mass is 517 g/mol. The standard InChI is InChI=1S/C22H35N3O3.HI/c1-3-23-22(25-13-16-28-21(17-25)20-7-6-15-27-20)24-12-4-5-14-26-19-10-8-18(2)9-11-19;/h8-11,20-21H,3-7,12-17H2,1-2H3,(H,23,24);1H. The summed E-state index contributed by atoms with van der Waals surface area (Å²) < 4.78 is 17.6. The van der Waals surface area contributed by atoms with Crippen LogP contribution in [0.4, 0.5) is 0 Å². The van der Waals surface area contributed by atoms with Crippen LogP contribution in [0.3, 0.4) is 0 Å². The Hall–Kier alpha value is -1.06. The number of morpholine rings is 1. The van der Waals surface area contributed by atoms with Crippen LogP contribution in [-0.4, -0.2) is 69.1 Å². The van der Waals surface area contributed by atoms with Crippen molar-refractivity contribution in [3.63, 3.8) is 0 Å². The van der Waals surface area contributed by atoms with E-state index < -0.39 is 0 Å². The van der Waals surface area contributed by atoms with Gasteiger partial charge in [-0.05, 0) is 51.7 Å². The van der Waals surface area contributed by atoms with Gasteiger partial charge in [0.25, 0.3) is 0 Å². The van der Waals surface area contributed by atoms with Crippen molar-refractivity contribution < 1.29 is 14.2 Å². The Kier molecular flexibility index (Phi) is 11.1. The third-order valence-corrected chi connectivity index (χ3v) is 5.21. The summed E-state index contributed by atoms with van der Waals surface area (Å²) in [5.41, 5.74) is 1.25. The van der Waals surface area contributed by atoms with Gasteiger partial charge in [0, 0.05) is 32.8 Å². The predicted octanol–water partition coefficient (Wildman–Crippen LogP) is 3.62. The first-order valence-corrected chi connectivity index (χ1v) is 10.7. The number of nitrogens with one attached hydrogen (secondary N) is 1. The molecular weight excluding hydrogens is 481 g/mol. The van der Waals surface area contributed by atoms with Crippen molar-refractivity contribution >= 4 is 29.9 Å². The Bertz CT molecular complexity index is 606. The van der Waals surface area contributed by atoms with Crippen molar-refractivity contribution in [2.24, 2.45) is 4.99 Å². The number of unbranched alkanes of at least 4 members (excludes halogenated alkanes) is 1. The molecule has 0 saturated carbocycles. The number of benzene rings is 1. The Morgan fingerprint density at radius 2 is 1.97 bits per heavy atom. The highest BCUT2D eigenvalue weighted by atomic mass is 127. The van der Waals surface area contributed by atoms with Gasteiger partial charge in [-0.25, -0.2) is 0 Å². The highest BCUT2D eigenvalue weighted by Crippen LogP contribution is 2.21. The third-order valence-electron chi connectivity index (χ3n) is 5.21. The van der Waals surface area contributed by atoms with Gasteiger partial charge >= 0.3 is 0 Å². The first-order valence-electron chi connectivity index (χ1n) is 10.7. The molecule has 0 aromatic heterocycles. The minimum atomic E-state index is 0. The molecule has 2 fully saturated rings. The fourth-order valence-electron chi connectivity index (χ4n) is 3.64. The maximum atomic E-state index is 5.96. The number of hydrogen-bond donors (Lipinski definition) is 1. The van der Waals surface area contributed by atoms with Gasteiger partial charge < -0.3 is 24.4 Å². The van der Waals surface area contributed by atoms with Crippen molar-refractivity contribution in [2.75, 3.05) is 46.0 Å². The number of nitrogens with zero attached hydrogens (tertiary/aromatic N) is 2. The van der Waals surface area contributed by atoms with Gasteiger partial charge in [-0.15, -0.1) is 24.0 Å². The van der Waals surface area contributed by atoms with Crippen LogP contribution in [0.15, 0.2) is 29.3 Å². The van der Waals surface area contributed by atoms with Crippen LogP contribution in [0.25, 0.3) is 0 Å². The van der Waals surface area contributed by atoms with Gasteiger partial charge in [0.2, 0.25) is 0 Å². The van der Waals surface area contributed by atoms with E-state index in [-0.39, 0.29) is 36.2 Å². The molecule has 0 aliphatic carbocycles. The van der Waals surface area contributed by atoms with E-state index in [9.17, 15) is 0 Å². The van der Waals surface area contributed by atoms with E-state index in [1.165, 1.54) is 5.56 Å². The van der Waals surface area contributed by atoms with Crippen molar-refractivity contribution in [2.45, 2.75) is 51.7 Å². The molecule has 2 saturated heterocycles. The van der Waals surface area contributed by atoms with Gasteiger partial charge in [-0.2, -0.15) is 0 Å². The largest absolute Gasteiger partial charge is 0.494 e. The molecule has 0 radical (unpaired) electrons. The van der Waals surface area contributed by atoms with Crippen molar-refractivity contribution in [3.8, 4) is 5.75 Å². The molecular formula is C22H36IN3O3. The quantitative estimate of drug-likeness (QED) is 0.247. The molecule has 2 heterocycles. The lowest BCUT2D eigenvalue weighted by molar-refractivity contribution is -0.0817. The van der Waals surface area contributed by atoms with Crippen LogP contribution in [0.2, 0.25) is 0 Å². The average molecular weight is 517 g/mol. The lowest BCUT2D eigenvalue weighted by Crippen LogP contribution is -2.53. The van der Waals surface area contributed by atoms with Gasteiger partial charge in [0.1, 0.15) is 11.9 Å². The minimum Gasteiger partial charge on any atom is -0.494 e. The number of aliphatic imine (C=N–C) groups is 1. The molecule has 2 aliphatic heterocycles. The molecule has 6 nitrogen and oxygen atoms in total. The molecule has 3 rings (SSSR count). The SMILES string of the molecule is CCNC(=NCCCCOc1ccc(C)cc1)N1CCOC(C2CCCO2)C1.I. The molecule has 2 atom stereocenters. The third kappa shape index (κ3) is 7.94. The second-order valence-corrected chi connectivity index (χ2v) is 7.51. The van der Waals surface area contributed by atoms with Crippen LogP contribution in [0, 0.1) is 6.92 Å². The number of hydrogen-bond acceptors (Lipinski definition) is 4. The normalized spacial score (nSPS) is 22.3. The zero-order chi connectivity index (χ0) is 19.6. The summed E-state index contributed by atoms with van der Waals surface area (Å²) in [6.45, 7) is 9.94. The molecule has 2 unspecified atom stereocenters. The van der Waals surface area contributed by atoms with Crippen LogP contribution in [0.5, 0.6) is 5.75 Å². The molecule has 7 heteroatoms. The minimum absolute atomic E-state index is 0. The van der Waals surface area contributed by atoms with E-state index in [2.05, 4.69) is 36.2 Å². The van der Waals surface area contributed by atoms with Gasteiger partial charge in [0.15, 0.2) is 5.96 Å². The summed E-state index contributed by atoms with van der Waals surface area (Å²) in [6.07, 6.45) is 4.66. The first kappa shape index (κ1) is 24.2. The summed E-state index contributed by atoms with van der Waals surface area (Å²) in [5.74, 6) is 1.93. The van der Waals surface area contributed by atoms with Crippen molar-refractivity contribution in [1.82, 2.24) is 10.2 Å². The van der Waals surface area contributed by atoms with Crippen LogP contribution >= 0.6 is 24.0 Å². The van der Waals surface area contributed by atoms with Crippen LogP contribution in [-0.2, 0) is 9.47 Å². The Morgan fingerprint density at radius 3 is 2.69 bits per heavy atom. The van der Waals surface area contributed by atoms with Crippen molar-refractivity contribution in [1.29, 1.82) is 0 Å². The molecule has 0 amide bonds. The number of aryl methyl sites for hydroxylation is 1. The first-order chi connectivity index (χ1) is 13.8. The van der Waals surface area contributed by atoms with E-state index in [0.29, 0.717) is 0 Å². The lowest BCUT2D eigenvalue weighted by Gasteiger charge is -2.37. The Morgan fingerprint density at radius 1 is 1.17 bits per heavy atom. The molecule has 2 aliphatic rings. The maximum absolute atomic E-state index is 5.96. The summed E-state index contributed by atoms with van der Waals surface area (Å²) in [4.78, 5) is 7.16. The van der Waals surface area contributed by atoms with Gasteiger partial charge in [-0.3, -0.25) is 4.99 Å². The zero-order valence-corrected chi connectivity index (χ0v) is 20.1. The number of ether oxygens (including phenoxy) is 3. The summed E-state index contributed by atoms with van der Waals surface area (Å²) in [5, 5.41) is 3.43.